The predicted molar refractivity (Wildman–Crippen MR) is 86.4 cm³/mol. The van der Waals surface area contributed by atoms with Gasteiger partial charge in [0.15, 0.2) is 0 Å². The normalized spacial score (nSPS) is 17.7. The summed E-state index contributed by atoms with van der Waals surface area (Å²) >= 11 is 0. The summed E-state index contributed by atoms with van der Waals surface area (Å²) in [6.07, 6.45) is 4.59. The molecule has 1 aliphatic carbocycles. The molecule has 1 heterocycles. The number of nitrogens with zero attached hydrogens (tertiary/aromatic N) is 2. The number of hydrogen-bond acceptors (Lipinski definition) is 2. The van der Waals surface area contributed by atoms with E-state index in [0.29, 0.717) is 6.04 Å². The highest BCUT2D eigenvalue weighted by Gasteiger charge is 2.18. The molecule has 0 saturated carbocycles. The van der Waals surface area contributed by atoms with Gasteiger partial charge in [0, 0.05) is 19.1 Å². The predicted octanol–water partition coefficient (Wildman–Crippen LogP) is 3.11. The highest BCUT2D eigenvalue weighted by molar-refractivity contribution is 5.30. The summed E-state index contributed by atoms with van der Waals surface area (Å²) in [5.41, 5.74) is 5.55. The van der Waals surface area contributed by atoms with Gasteiger partial charge < -0.3 is 5.32 Å². The van der Waals surface area contributed by atoms with Crippen LogP contribution in [-0.4, -0.2) is 15.8 Å². The van der Waals surface area contributed by atoms with E-state index in [4.69, 9.17) is 0 Å². The van der Waals surface area contributed by atoms with Crippen molar-refractivity contribution in [3.63, 3.8) is 0 Å². The molecule has 112 valence electrons. The van der Waals surface area contributed by atoms with Gasteiger partial charge in [-0.05, 0) is 49.8 Å². The van der Waals surface area contributed by atoms with E-state index in [-0.39, 0.29) is 0 Å². The second-order valence-electron chi connectivity index (χ2n) is 5.89. The van der Waals surface area contributed by atoms with Crippen LogP contribution < -0.4 is 5.32 Å². The van der Waals surface area contributed by atoms with Crippen LogP contribution >= 0.6 is 0 Å². The largest absolute Gasteiger partial charge is 0.308 e. The van der Waals surface area contributed by atoms with Gasteiger partial charge in [-0.25, -0.2) is 0 Å². The van der Waals surface area contributed by atoms with Gasteiger partial charge in [0.05, 0.1) is 11.4 Å². The molecule has 1 unspecified atom stereocenters. The lowest BCUT2D eigenvalue weighted by molar-refractivity contribution is 0.445. The number of benzene rings is 1. The van der Waals surface area contributed by atoms with Crippen molar-refractivity contribution in [2.24, 2.45) is 0 Å². The van der Waals surface area contributed by atoms with Gasteiger partial charge in [-0.15, -0.1) is 0 Å². The Morgan fingerprint density at radius 1 is 1.24 bits per heavy atom. The second-order valence-corrected chi connectivity index (χ2v) is 5.89. The second kappa shape index (κ2) is 6.44. The van der Waals surface area contributed by atoms with Gasteiger partial charge >= 0.3 is 0 Å². The van der Waals surface area contributed by atoms with Crippen molar-refractivity contribution in [1.29, 1.82) is 0 Å². The van der Waals surface area contributed by atoms with Crippen LogP contribution in [-0.2, 0) is 32.4 Å². The minimum absolute atomic E-state index is 0.588. The minimum Gasteiger partial charge on any atom is -0.308 e. The van der Waals surface area contributed by atoms with Crippen LogP contribution in [0.4, 0.5) is 0 Å². The number of hydrogen-bond donors (Lipinski definition) is 1. The monoisotopic (exact) mass is 283 g/mol. The highest BCUT2D eigenvalue weighted by Crippen LogP contribution is 2.21. The molecule has 3 heteroatoms. The fourth-order valence-corrected chi connectivity index (χ4v) is 3.22. The van der Waals surface area contributed by atoms with Crippen LogP contribution in [0.5, 0.6) is 0 Å². The topological polar surface area (TPSA) is 29.9 Å². The van der Waals surface area contributed by atoms with Crippen molar-refractivity contribution < 1.29 is 0 Å². The van der Waals surface area contributed by atoms with Gasteiger partial charge in [0.1, 0.15) is 0 Å². The number of rotatable bonds is 5. The molecule has 1 atom stereocenters. The fraction of sp³-hybridized carbons (Fsp3) is 0.500. The molecular formula is C18H25N3. The molecule has 3 rings (SSSR count). The van der Waals surface area contributed by atoms with Gasteiger partial charge in [-0.2, -0.15) is 5.10 Å². The zero-order valence-electron chi connectivity index (χ0n) is 13.1. The van der Waals surface area contributed by atoms with Gasteiger partial charge in [0.25, 0.3) is 0 Å². The van der Waals surface area contributed by atoms with Crippen molar-refractivity contribution >= 4 is 0 Å². The fourth-order valence-electron chi connectivity index (χ4n) is 3.22. The van der Waals surface area contributed by atoms with Gasteiger partial charge in [-0.1, -0.05) is 31.2 Å². The lowest BCUT2D eigenvalue weighted by atomic mass is 9.88. The molecule has 1 aromatic heterocycles. The zero-order chi connectivity index (χ0) is 14.7. The molecular weight excluding hydrogens is 258 g/mol. The van der Waals surface area contributed by atoms with Crippen molar-refractivity contribution in [2.75, 3.05) is 0 Å². The minimum atomic E-state index is 0.588. The maximum atomic E-state index is 4.62. The first kappa shape index (κ1) is 14.3. The molecule has 0 amide bonds. The van der Waals surface area contributed by atoms with Crippen LogP contribution in [0.25, 0.3) is 0 Å². The SMILES string of the molecule is CCc1cc(CNC2CCc3ccccc3C2)n(CC)n1. The van der Waals surface area contributed by atoms with Crippen LogP contribution in [0.2, 0.25) is 0 Å². The summed E-state index contributed by atoms with van der Waals surface area (Å²) < 4.78 is 2.13. The smallest absolute Gasteiger partial charge is 0.0625 e. The average Bonchev–Trinajstić information content (AvgIpc) is 2.95. The lowest BCUT2D eigenvalue weighted by Crippen LogP contribution is -2.34. The maximum Gasteiger partial charge on any atom is 0.0625 e. The summed E-state index contributed by atoms with van der Waals surface area (Å²) in [5.74, 6) is 0. The summed E-state index contributed by atoms with van der Waals surface area (Å²) in [6, 6.07) is 11.7. The van der Waals surface area contributed by atoms with Crippen LogP contribution in [0.3, 0.4) is 0 Å². The third-order valence-corrected chi connectivity index (χ3v) is 4.49. The number of nitrogens with one attached hydrogen (secondary N) is 1. The molecule has 0 spiro atoms. The summed E-state index contributed by atoms with van der Waals surface area (Å²) in [7, 11) is 0. The average molecular weight is 283 g/mol. The molecule has 2 aromatic rings. The molecule has 21 heavy (non-hydrogen) atoms. The number of aryl methyl sites for hydroxylation is 3. The third-order valence-electron chi connectivity index (χ3n) is 4.49. The molecule has 0 radical (unpaired) electrons. The first-order chi connectivity index (χ1) is 10.3. The summed E-state index contributed by atoms with van der Waals surface area (Å²) in [4.78, 5) is 0. The molecule has 1 N–H and O–H groups in total. The van der Waals surface area contributed by atoms with E-state index in [1.54, 1.807) is 0 Å². The Morgan fingerprint density at radius 3 is 2.81 bits per heavy atom. The van der Waals surface area contributed by atoms with E-state index in [0.717, 1.165) is 25.9 Å². The Bertz CT molecular complexity index is 600. The Balaban J connectivity index is 1.62. The molecule has 0 aliphatic heterocycles. The molecule has 1 aliphatic rings. The number of fused-ring (bicyclic) bond motifs is 1. The van der Waals surface area contributed by atoms with E-state index < -0.39 is 0 Å². The molecule has 1 aromatic carbocycles. The van der Waals surface area contributed by atoms with E-state index in [2.05, 4.69) is 59.3 Å². The Labute approximate surface area is 127 Å². The zero-order valence-corrected chi connectivity index (χ0v) is 13.1. The van der Waals surface area contributed by atoms with E-state index >= 15 is 0 Å². The van der Waals surface area contributed by atoms with E-state index in [1.165, 1.54) is 35.4 Å². The molecule has 3 nitrogen and oxygen atoms in total. The van der Waals surface area contributed by atoms with Crippen molar-refractivity contribution in [1.82, 2.24) is 15.1 Å². The molecule has 0 bridgehead atoms. The van der Waals surface area contributed by atoms with Gasteiger partial charge in [-0.3, -0.25) is 4.68 Å². The van der Waals surface area contributed by atoms with Crippen molar-refractivity contribution in [3.8, 4) is 0 Å². The van der Waals surface area contributed by atoms with E-state index in [9.17, 15) is 0 Å². The lowest BCUT2D eigenvalue weighted by Gasteiger charge is -2.25. The van der Waals surface area contributed by atoms with Crippen LogP contribution in [0, 0.1) is 0 Å². The Morgan fingerprint density at radius 2 is 2.05 bits per heavy atom. The summed E-state index contributed by atoms with van der Waals surface area (Å²) in [5, 5.41) is 8.35. The van der Waals surface area contributed by atoms with Crippen molar-refractivity contribution in [2.45, 2.75) is 58.7 Å². The third kappa shape index (κ3) is 3.18. The number of aromatic nitrogens is 2. The molecule has 0 saturated heterocycles. The summed E-state index contributed by atoms with van der Waals surface area (Å²) in [6.45, 7) is 6.20. The molecule has 0 fully saturated rings. The van der Waals surface area contributed by atoms with Crippen LogP contribution in [0.15, 0.2) is 30.3 Å². The maximum absolute atomic E-state index is 4.62. The van der Waals surface area contributed by atoms with E-state index in [1.807, 2.05) is 0 Å². The Kier molecular flexibility index (Phi) is 4.39. The van der Waals surface area contributed by atoms with Gasteiger partial charge in [0.2, 0.25) is 0 Å². The first-order valence-electron chi connectivity index (χ1n) is 8.16. The quantitative estimate of drug-likeness (QED) is 0.913. The first-order valence-corrected chi connectivity index (χ1v) is 8.16. The Hall–Kier alpha value is -1.61. The standard InChI is InChI=1S/C18H25N3/c1-3-16-12-18(21(4-2)20-16)13-19-17-10-9-14-7-5-6-8-15(14)11-17/h5-8,12,17,19H,3-4,9-11,13H2,1-2H3. The van der Waals surface area contributed by atoms with Crippen molar-refractivity contribution in [3.05, 3.63) is 52.8 Å². The van der Waals surface area contributed by atoms with Crippen LogP contribution in [0.1, 0.15) is 42.8 Å². The highest BCUT2D eigenvalue weighted by atomic mass is 15.3.